The van der Waals surface area contributed by atoms with Crippen LogP contribution in [0.4, 0.5) is 5.69 Å². The number of nitrogens with zero attached hydrogens (tertiary/aromatic N) is 2. The number of morpholine rings is 1. The number of benzene rings is 2. The van der Waals surface area contributed by atoms with Crippen LogP contribution in [0, 0.1) is 0 Å². The normalized spacial score (nSPS) is 16.5. The molecule has 33 heavy (non-hydrogen) atoms. The Morgan fingerprint density at radius 2 is 1.67 bits per heavy atom. The number of hydrogen-bond donors (Lipinski definition) is 1. The second kappa shape index (κ2) is 11.8. The van der Waals surface area contributed by atoms with Gasteiger partial charge >= 0.3 is 0 Å². The first-order valence-corrected chi connectivity index (χ1v) is 12.6. The largest absolute Gasteiger partial charge is 0.378 e. The van der Waals surface area contributed by atoms with Crippen molar-refractivity contribution >= 4 is 40.4 Å². The van der Waals surface area contributed by atoms with Crippen LogP contribution in [0.15, 0.2) is 42.5 Å². The van der Waals surface area contributed by atoms with E-state index < -0.39 is 0 Å². The molecule has 2 aliphatic rings. The number of hydrogen-bond acceptors (Lipinski definition) is 4. The summed E-state index contributed by atoms with van der Waals surface area (Å²) in [6, 6.07) is 14.2. The minimum atomic E-state index is -0.0643. The van der Waals surface area contributed by atoms with Crippen molar-refractivity contribution in [2.75, 3.05) is 50.8 Å². The van der Waals surface area contributed by atoms with E-state index in [4.69, 9.17) is 28.6 Å². The molecule has 2 heterocycles. The van der Waals surface area contributed by atoms with Gasteiger partial charge in [-0.3, -0.25) is 4.79 Å². The molecule has 1 amide bonds. The van der Waals surface area contributed by atoms with Gasteiger partial charge in [-0.05, 0) is 55.0 Å². The molecule has 0 bridgehead atoms. The number of amides is 1. The number of ether oxygens (including phenoxy) is 1. The maximum Gasteiger partial charge on any atom is 0.253 e. The summed E-state index contributed by atoms with van der Waals surface area (Å²) in [7, 11) is 0. The van der Waals surface area contributed by atoms with Crippen molar-refractivity contribution in [3.05, 3.63) is 64.2 Å². The van der Waals surface area contributed by atoms with Crippen LogP contribution in [0.25, 0.3) is 0 Å². The molecule has 176 valence electrons. The molecule has 1 N–H and O–H groups in total. The fourth-order valence-electron chi connectivity index (χ4n) is 4.44. The number of rotatable bonds is 7. The molecule has 5 nitrogen and oxygen atoms in total. The van der Waals surface area contributed by atoms with Gasteiger partial charge in [-0.2, -0.15) is 0 Å². The van der Waals surface area contributed by atoms with Crippen LogP contribution in [-0.4, -0.2) is 61.7 Å². The van der Waals surface area contributed by atoms with Gasteiger partial charge in [0.15, 0.2) is 0 Å². The third kappa shape index (κ3) is 6.69. The van der Waals surface area contributed by atoms with Crippen molar-refractivity contribution < 1.29 is 9.53 Å². The molecule has 0 spiro atoms. The average Bonchev–Trinajstić information content (AvgIpc) is 2.86. The van der Waals surface area contributed by atoms with Crippen molar-refractivity contribution in [3.8, 4) is 0 Å². The van der Waals surface area contributed by atoms with E-state index >= 15 is 0 Å². The van der Waals surface area contributed by atoms with E-state index in [1.54, 1.807) is 6.07 Å². The summed E-state index contributed by atoms with van der Waals surface area (Å²) in [5, 5.41) is 3.67. The molecule has 0 aliphatic carbocycles. The molecule has 7 heteroatoms. The zero-order valence-electron chi connectivity index (χ0n) is 19.0. The number of thiocarbonyl (C=S) groups is 1. The van der Waals surface area contributed by atoms with Gasteiger partial charge in [0.1, 0.15) is 0 Å². The van der Waals surface area contributed by atoms with Crippen molar-refractivity contribution in [3.63, 3.8) is 0 Å². The molecular weight excluding hydrogens is 454 g/mol. The fourth-order valence-corrected chi connectivity index (χ4v) is 4.96. The SMILES string of the molecule is O=C(NCCc1ccc(CC(=S)N2CCOCC2)cc1)c1cc(Cl)ccc1N1CCCCC1. The molecule has 0 radical (unpaired) electrons. The lowest BCUT2D eigenvalue weighted by atomic mass is 10.1. The van der Waals surface area contributed by atoms with E-state index in [0.717, 1.165) is 75.8 Å². The Morgan fingerprint density at radius 1 is 0.970 bits per heavy atom. The number of halogens is 1. The van der Waals surface area contributed by atoms with Crippen LogP contribution in [0.3, 0.4) is 0 Å². The summed E-state index contributed by atoms with van der Waals surface area (Å²) in [5.74, 6) is -0.0643. The third-order valence-electron chi connectivity index (χ3n) is 6.34. The maximum absolute atomic E-state index is 13.0. The quantitative estimate of drug-likeness (QED) is 0.585. The average molecular weight is 486 g/mol. The van der Waals surface area contributed by atoms with Crippen LogP contribution in [0.1, 0.15) is 40.7 Å². The van der Waals surface area contributed by atoms with Crippen LogP contribution >= 0.6 is 23.8 Å². The van der Waals surface area contributed by atoms with Crippen LogP contribution in [0.5, 0.6) is 0 Å². The Hall–Kier alpha value is -2.15. The van der Waals surface area contributed by atoms with Crippen LogP contribution in [0.2, 0.25) is 5.02 Å². The Morgan fingerprint density at radius 3 is 2.39 bits per heavy atom. The summed E-state index contributed by atoms with van der Waals surface area (Å²) in [4.78, 5) is 18.5. The highest BCUT2D eigenvalue weighted by Crippen LogP contribution is 2.27. The number of anilines is 1. The van der Waals surface area contributed by atoms with Crippen LogP contribution < -0.4 is 10.2 Å². The van der Waals surface area contributed by atoms with E-state index in [1.165, 1.54) is 17.5 Å². The Kier molecular flexibility index (Phi) is 8.59. The molecular formula is C26H32ClN3O2S. The maximum atomic E-state index is 13.0. The molecule has 0 unspecified atom stereocenters. The van der Waals surface area contributed by atoms with Crippen molar-refractivity contribution in [2.24, 2.45) is 0 Å². The second-order valence-electron chi connectivity index (χ2n) is 8.70. The molecule has 0 aromatic heterocycles. The predicted octanol–water partition coefficient (Wildman–Crippen LogP) is 4.50. The van der Waals surface area contributed by atoms with Gasteiger partial charge in [-0.15, -0.1) is 0 Å². The van der Waals surface area contributed by atoms with Gasteiger partial charge in [-0.1, -0.05) is 48.1 Å². The van der Waals surface area contributed by atoms with Crippen molar-refractivity contribution in [1.29, 1.82) is 0 Å². The first-order valence-electron chi connectivity index (χ1n) is 11.9. The number of nitrogens with one attached hydrogen (secondary N) is 1. The van der Waals surface area contributed by atoms with Gasteiger partial charge in [-0.25, -0.2) is 0 Å². The minimum Gasteiger partial charge on any atom is -0.378 e. The zero-order valence-corrected chi connectivity index (χ0v) is 20.6. The third-order valence-corrected chi connectivity index (χ3v) is 6.98. The van der Waals surface area contributed by atoms with Gasteiger partial charge in [0.25, 0.3) is 5.91 Å². The molecule has 0 atom stereocenters. The van der Waals surface area contributed by atoms with Gasteiger partial charge in [0.05, 0.1) is 23.8 Å². The molecule has 4 rings (SSSR count). The standard InChI is InChI=1S/C26H32ClN3O2S/c27-22-8-9-24(29-12-2-1-3-13-29)23(19-22)26(31)28-11-10-20-4-6-21(7-5-20)18-25(33)30-14-16-32-17-15-30/h4-9,19H,1-3,10-18H2,(H,28,31). The van der Waals surface area contributed by atoms with Gasteiger partial charge in [0, 0.05) is 49.9 Å². The first-order chi connectivity index (χ1) is 16.1. The zero-order chi connectivity index (χ0) is 23.0. The minimum absolute atomic E-state index is 0.0643. The Bertz CT molecular complexity index is 955. The highest BCUT2D eigenvalue weighted by atomic mass is 35.5. The van der Waals surface area contributed by atoms with E-state index in [2.05, 4.69) is 39.4 Å². The van der Waals surface area contributed by atoms with Crippen LogP contribution in [-0.2, 0) is 17.6 Å². The van der Waals surface area contributed by atoms with Gasteiger partial charge < -0.3 is 19.9 Å². The Labute approximate surface area is 207 Å². The van der Waals surface area contributed by atoms with E-state index in [-0.39, 0.29) is 5.91 Å². The topological polar surface area (TPSA) is 44.8 Å². The molecule has 2 aromatic rings. The van der Waals surface area contributed by atoms with Crippen molar-refractivity contribution in [2.45, 2.75) is 32.1 Å². The molecule has 2 saturated heterocycles. The molecule has 2 aliphatic heterocycles. The first kappa shape index (κ1) is 24.0. The molecule has 2 aromatic carbocycles. The van der Waals surface area contributed by atoms with E-state index in [9.17, 15) is 4.79 Å². The lowest BCUT2D eigenvalue weighted by Crippen LogP contribution is -2.40. The molecule has 2 fully saturated rings. The second-order valence-corrected chi connectivity index (χ2v) is 9.61. The summed E-state index contributed by atoms with van der Waals surface area (Å²) < 4.78 is 5.40. The number of piperidine rings is 1. The highest BCUT2D eigenvalue weighted by Gasteiger charge is 2.19. The molecule has 0 saturated carbocycles. The number of carbonyl (C=O) groups is 1. The fraction of sp³-hybridized carbons (Fsp3) is 0.462. The summed E-state index contributed by atoms with van der Waals surface area (Å²) >= 11 is 11.8. The smallest absolute Gasteiger partial charge is 0.253 e. The highest BCUT2D eigenvalue weighted by molar-refractivity contribution is 7.80. The van der Waals surface area contributed by atoms with Gasteiger partial charge in [0.2, 0.25) is 0 Å². The summed E-state index contributed by atoms with van der Waals surface area (Å²) in [6.45, 7) is 5.81. The summed E-state index contributed by atoms with van der Waals surface area (Å²) in [6.07, 6.45) is 5.14. The monoisotopic (exact) mass is 485 g/mol. The predicted molar refractivity (Wildman–Crippen MR) is 139 cm³/mol. The van der Waals surface area contributed by atoms with E-state index in [0.29, 0.717) is 17.1 Å². The lowest BCUT2D eigenvalue weighted by molar-refractivity contribution is 0.0684. The van der Waals surface area contributed by atoms with Crippen molar-refractivity contribution in [1.82, 2.24) is 10.2 Å². The Balaban J connectivity index is 1.29. The lowest BCUT2D eigenvalue weighted by Gasteiger charge is -2.30. The summed E-state index contributed by atoms with van der Waals surface area (Å²) in [5.41, 5.74) is 4.05. The number of carbonyl (C=O) groups excluding carboxylic acids is 1. The van der Waals surface area contributed by atoms with E-state index in [1.807, 2.05) is 12.1 Å².